The van der Waals surface area contributed by atoms with Crippen LogP contribution in [0, 0.1) is 47.9 Å². The molecule has 1 unspecified atom stereocenters. The number of allylic oxidation sites excluding steroid dienone is 2. The Morgan fingerprint density at radius 2 is 1.30 bits per heavy atom. The van der Waals surface area contributed by atoms with Crippen molar-refractivity contribution in [3.05, 3.63) is 12.2 Å². The van der Waals surface area contributed by atoms with Crippen LogP contribution in [0.25, 0.3) is 0 Å². The lowest BCUT2D eigenvalue weighted by Crippen LogP contribution is -2.37. The van der Waals surface area contributed by atoms with Crippen LogP contribution in [0.3, 0.4) is 0 Å². The van der Waals surface area contributed by atoms with Gasteiger partial charge in [0.2, 0.25) is 0 Å². The third-order valence-electron chi connectivity index (χ3n) is 4.62. The average molecular weight is 474 g/mol. The van der Waals surface area contributed by atoms with Crippen LogP contribution in [0.4, 0.5) is 0 Å². The van der Waals surface area contributed by atoms with Crippen molar-refractivity contribution >= 4 is 7.82 Å². The molecule has 0 heterocycles. The average Bonchev–Trinajstić information content (AvgIpc) is 2.73. The van der Waals surface area contributed by atoms with Crippen molar-refractivity contribution in [2.24, 2.45) is 0 Å². The molecule has 0 aliphatic rings. The maximum Gasteiger partial charge on any atom is 0.268 e. The largest absolute Gasteiger partial charge is 0.756 e. The number of rotatable bonds is 18. The highest BCUT2D eigenvalue weighted by atomic mass is 31.2. The predicted molar refractivity (Wildman–Crippen MR) is 134 cm³/mol. The Bertz CT molecular complexity index is 816. The fraction of sp³-hybridized carbons (Fsp3) is 0.630. The topological polar surface area (TPSA) is 58.6 Å². The van der Waals surface area contributed by atoms with Crippen molar-refractivity contribution in [3.63, 3.8) is 0 Å². The van der Waals surface area contributed by atoms with E-state index in [0.717, 1.165) is 25.7 Å². The molecule has 0 aromatic carbocycles. The van der Waals surface area contributed by atoms with Gasteiger partial charge in [-0.15, -0.1) is 6.42 Å². The van der Waals surface area contributed by atoms with Crippen molar-refractivity contribution in [3.8, 4) is 47.9 Å². The second-order valence-corrected chi connectivity index (χ2v) is 10.2. The molecule has 0 saturated carbocycles. The maximum absolute atomic E-state index is 11.7. The SMILES string of the molecule is C#CC#CC#CC#C/C=C\CCCCCCCCCCCCOP(=O)([O-])OCC[N+](C)(C)C. The smallest absolute Gasteiger partial charge is 0.268 e. The number of hydrogen-bond donors (Lipinski definition) is 0. The van der Waals surface area contributed by atoms with Gasteiger partial charge in [0.05, 0.1) is 27.7 Å². The van der Waals surface area contributed by atoms with E-state index in [0.29, 0.717) is 11.0 Å². The highest BCUT2D eigenvalue weighted by Crippen LogP contribution is 2.38. The van der Waals surface area contributed by atoms with Crippen molar-refractivity contribution in [2.75, 3.05) is 40.9 Å². The zero-order chi connectivity index (χ0) is 24.7. The summed E-state index contributed by atoms with van der Waals surface area (Å²) in [5.41, 5.74) is 0. The van der Waals surface area contributed by atoms with E-state index in [1.54, 1.807) is 0 Å². The van der Waals surface area contributed by atoms with Gasteiger partial charge >= 0.3 is 0 Å². The third kappa shape index (κ3) is 26.2. The molecule has 0 radical (unpaired) electrons. The quantitative estimate of drug-likeness (QED) is 0.125. The first-order chi connectivity index (χ1) is 15.8. The van der Waals surface area contributed by atoms with E-state index in [-0.39, 0.29) is 13.2 Å². The number of unbranched alkanes of at least 4 members (excludes halogenated alkanes) is 10. The molecule has 0 spiro atoms. The molecule has 0 aliphatic heterocycles. The number of quaternary nitrogens is 1. The minimum Gasteiger partial charge on any atom is -0.756 e. The first-order valence-electron chi connectivity index (χ1n) is 11.8. The monoisotopic (exact) mass is 473 g/mol. The van der Waals surface area contributed by atoms with Gasteiger partial charge in [-0.05, 0) is 60.9 Å². The molecule has 182 valence electrons. The van der Waals surface area contributed by atoms with Gasteiger partial charge in [0.1, 0.15) is 13.2 Å². The van der Waals surface area contributed by atoms with Gasteiger partial charge in [-0.3, -0.25) is 4.57 Å². The number of phosphoric ester groups is 1. The van der Waals surface area contributed by atoms with Crippen LogP contribution in [0.15, 0.2) is 12.2 Å². The Labute approximate surface area is 202 Å². The van der Waals surface area contributed by atoms with Crippen molar-refractivity contribution in [2.45, 2.75) is 70.6 Å². The minimum atomic E-state index is -4.16. The van der Waals surface area contributed by atoms with Crippen LogP contribution in [0.1, 0.15) is 70.6 Å². The van der Waals surface area contributed by atoms with Gasteiger partial charge in [0.15, 0.2) is 0 Å². The van der Waals surface area contributed by atoms with E-state index in [4.69, 9.17) is 15.5 Å². The molecule has 0 bridgehead atoms. The molecule has 33 heavy (non-hydrogen) atoms. The molecule has 6 heteroatoms. The normalized spacial score (nSPS) is 12.5. The molecule has 0 aliphatic carbocycles. The second-order valence-electron chi connectivity index (χ2n) is 8.77. The van der Waals surface area contributed by atoms with Crippen LogP contribution in [-0.4, -0.2) is 45.4 Å². The van der Waals surface area contributed by atoms with Gasteiger partial charge in [-0.1, -0.05) is 63.4 Å². The van der Waals surface area contributed by atoms with Crippen molar-refractivity contribution in [1.29, 1.82) is 0 Å². The summed E-state index contributed by atoms with van der Waals surface area (Å²) < 4.78 is 22.1. The number of likely N-dealkylation sites (N-methyl/N-ethyl adjacent to an activating group) is 1. The molecule has 0 N–H and O–H groups in total. The van der Waals surface area contributed by atoms with Gasteiger partial charge in [-0.2, -0.15) is 0 Å². The lowest BCUT2D eigenvalue weighted by Gasteiger charge is -2.27. The molecule has 0 fully saturated rings. The molecule has 0 rings (SSSR count). The van der Waals surface area contributed by atoms with Crippen LogP contribution in [0.5, 0.6) is 0 Å². The lowest BCUT2D eigenvalue weighted by atomic mass is 10.1. The van der Waals surface area contributed by atoms with Gasteiger partial charge in [0, 0.05) is 0 Å². The van der Waals surface area contributed by atoms with E-state index in [1.807, 2.05) is 27.2 Å². The lowest BCUT2D eigenvalue weighted by molar-refractivity contribution is -0.870. The zero-order valence-corrected chi connectivity index (χ0v) is 21.6. The van der Waals surface area contributed by atoms with E-state index >= 15 is 0 Å². The summed E-state index contributed by atoms with van der Waals surface area (Å²) in [4.78, 5) is 11.7. The van der Waals surface area contributed by atoms with E-state index in [2.05, 4.69) is 47.5 Å². The summed E-state index contributed by atoms with van der Waals surface area (Å²) in [5.74, 6) is 17.8. The number of phosphoric acid groups is 1. The Kier molecular flexibility index (Phi) is 19.4. The summed E-state index contributed by atoms with van der Waals surface area (Å²) in [5, 5.41) is 0. The molecule has 0 amide bonds. The molecule has 0 aromatic rings. The molecule has 5 nitrogen and oxygen atoms in total. The summed E-state index contributed by atoms with van der Waals surface area (Å²) in [6, 6.07) is 0. The van der Waals surface area contributed by atoms with Crippen LogP contribution >= 0.6 is 7.82 Å². The highest BCUT2D eigenvalue weighted by molar-refractivity contribution is 7.45. The van der Waals surface area contributed by atoms with E-state index < -0.39 is 7.82 Å². The fourth-order valence-corrected chi connectivity index (χ4v) is 3.50. The molecule has 0 saturated heterocycles. The van der Waals surface area contributed by atoms with Crippen LogP contribution in [0.2, 0.25) is 0 Å². The van der Waals surface area contributed by atoms with Crippen LogP contribution < -0.4 is 4.89 Å². The van der Waals surface area contributed by atoms with E-state index in [9.17, 15) is 9.46 Å². The second kappa shape index (κ2) is 20.6. The fourth-order valence-electron chi connectivity index (χ4n) is 2.77. The molecular formula is C27H40NO4P. The molecule has 1 atom stereocenters. The summed E-state index contributed by atoms with van der Waals surface area (Å²) in [6.45, 7) is 0.972. The number of hydrogen-bond acceptors (Lipinski definition) is 4. The molecule has 0 aromatic heterocycles. The van der Waals surface area contributed by atoms with E-state index in [1.165, 1.54) is 44.9 Å². The van der Waals surface area contributed by atoms with Gasteiger partial charge < -0.3 is 18.4 Å². The van der Waals surface area contributed by atoms with Crippen molar-refractivity contribution < 1.29 is 23.0 Å². The predicted octanol–water partition coefficient (Wildman–Crippen LogP) is 4.68. The Balaban J connectivity index is 3.46. The zero-order valence-electron chi connectivity index (χ0n) is 20.7. The highest BCUT2D eigenvalue weighted by Gasteiger charge is 2.12. The van der Waals surface area contributed by atoms with Gasteiger partial charge in [-0.25, -0.2) is 0 Å². The summed E-state index contributed by atoms with van der Waals surface area (Å²) in [7, 11) is 1.79. The van der Waals surface area contributed by atoms with Crippen molar-refractivity contribution in [1.82, 2.24) is 0 Å². The minimum absolute atomic E-state index is 0.149. The Hall–Kier alpha value is -1.95. The number of terminal acetylenes is 1. The Morgan fingerprint density at radius 1 is 0.788 bits per heavy atom. The molecular weight excluding hydrogens is 433 g/mol. The summed E-state index contributed by atoms with van der Waals surface area (Å²) >= 11 is 0. The number of nitrogens with zero attached hydrogens (tertiary/aromatic N) is 1. The standard InChI is InChI=1S/C27H40NO4P/c1-5-6-7-8-9-10-11-12-13-14-15-16-17-18-19-20-21-22-23-24-26-31-33(29,30)32-27-25-28(2,3)4/h1,12-13H,14-27H2,2-4H3/b13-12-. The maximum atomic E-state index is 11.7. The summed E-state index contributed by atoms with van der Waals surface area (Å²) in [6.07, 6.45) is 21.4. The van der Waals surface area contributed by atoms with Crippen LogP contribution in [-0.2, 0) is 13.6 Å². The first-order valence-corrected chi connectivity index (χ1v) is 13.2. The van der Waals surface area contributed by atoms with Gasteiger partial charge in [0.25, 0.3) is 7.82 Å². The third-order valence-corrected chi connectivity index (χ3v) is 5.62. The Morgan fingerprint density at radius 3 is 1.91 bits per heavy atom. The first kappa shape index (κ1) is 31.0.